The first-order valence-electron chi connectivity index (χ1n) is 8.52. The molecule has 1 aromatic carbocycles. The van der Waals surface area contributed by atoms with E-state index in [2.05, 4.69) is 10.6 Å². The summed E-state index contributed by atoms with van der Waals surface area (Å²) in [6, 6.07) is 9.79. The number of amides is 2. The van der Waals surface area contributed by atoms with Gasteiger partial charge in [0.25, 0.3) is 0 Å². The van der Waals surface area contributed by atoms with Crippen LogP contribution in [-0.4, -0.2) is 49.4 Å². The fourth-order valence-electron chi connectivity index (χ4n) is 3.18. The van der Waals surface area contributed by atoms with Gasteiger partial charge in [-0.2, -0.15) is 0 Å². The van der Waals surface area contributed by atoms with E-state index in [1.807, 2.05) is 35.2 Å². The molecule has 2 amide bonds. The summed E-state index contributed by atoms with van der Waals surface area (Å²) in [5.74, 6) is 0.737. The Morgan fingerprint density at radius 2 is 2.00 bits per heavy atom. The Labute approximate surface area is 137 Å². The van der Waals surface area contributed by atoms with Gasteiger partial charge in [0, 0.05) is 38.6 Å². The Morgan fingerprint density at radius 1 is 1.22 bits per heavy atom. The van der Waals surface area contributed by atoms with E-state index in [0.717, 1.165) is 44.6 Å². The molecule has 2 saturated heterocycles. The molecular formula is C18H25N3O2. The second kappa shape index (κ2) is 7.59. The molecule has 0 spiro atoms. The molecule has 0 aromatic heterocycles. The average molecular weight is 315 g/mol. The van der Waals surface area contributed by atoms with Crippen molar-refractivity contribution in [1.29, 1.82) is 0 Å². The zero-order valence-electron chi connectivity index (χ0n) is 13.5. The summed E-state index contributed by atoms with van der Waals surface area (Å²) in [5, 5.41) is 6.25. The van der Waals surface area contributed by atoms with Crippen molar-refractivity contribution in [3.63, 3.8) is 0 Å². The largest absolute Gasteiger partial charge is 0.355 e. The molecule has 3 rings (SSSR count). The minimum Gasteiger partial charge on any atom is -0.355 e. The number of carbonyl (C=O) groups excluding carboxylic acids is 2. The lowest BCUT2D eigenvalue weighted by molar-refractivity contribution is -0.135. The van der Waals surface area contributed by atoms with Crippen LogP contribution in [0.5, 0.6) is 0 Å². The van der Waals surface area contributed by atoms with Gasteiger partial charge in [0.05, 0.1) is 12.3 Å². The van der Waals surface area contributed by atoms with Crippen LogP contribution in [-0.2, 0) is 16.0 Å². The number of hydrogen-bond donors (Lipinski definition) is 2. The zero-order valence-corrected chi connectivity index (χ0v) is 13.5. The van der Waals surface area contributed by atoms with E-state index in [4.69, 9.17) is 0 Å². The molecule has 124 valence electrons. The first kappa shape index (κ1) is 16.0. The first-order chi connectivity index (χ1) is 11.2. The number of carbonyl (C=O) groups is 2. The fourth-order valence-corrected chi connectivity index (χ4v) is 3.18. The molecule has 5 heteroatoms. The number of nitrogens with zero attached hydrogens (tertiary/aromatic N) is 1. The Bertz CT molecular complexity index is 542. The van der Waals surface area contributed by atoms with E-state index in [1.165, 1.54) is 0 Å². The third kappa shape index (κ3) is 4.32. The summed E-state index contributed by atoms with van der Waals surface area (Å²) < 4.78 is 0. The minimum absolute atomic E-state index is 0.0588. The van der Waals surface area contributed by atoms with Gasteiger partial charge in [0.1, 0.15) is 0 Å². The van der Waals surface area contributed by atoms with Gasteiger partial charge in [-0.05, 0) is 18.4 Å². The van der Waals surface area contributed by atoms with E-state index in [0.29, 0.717) is 18.9 Å². The Balaban J connectivity index is 1.48. The van der Waals surface area contributed by atoms with Gasteiger partial charge in [0.2, 0.25) is 11.8 Å². The van der Waals surface area contributed by atoms with Crippen LogP contribution in [0.15, 0.2) is 30.3 Å². The van der Waals surface area contributed by atoms with Crippen molar-refractivity contribution < 1.29 is 9.59 Å². The van der Waals surface area contributed by atoms with Crippen molar-refractivity contribution in [2.75, 3.05) is 32.7 Å². The maximum Gasteiger partial charge on any atom is 0.227 e. The predicted octanol–water partition coefficient (Wildman–Crippen LogP) is 0.803. The van der Waals surface area contributed by atoms with E-state index in [-0.39, 0.29) is 17.7 Å². The third-order valence-electron chi connectivity index (χ3n) is 4.77. The Kier molecular flexibility index (Phi) is 5.28. The van der Waals surface area contributed by atoms with Crippen LogP contribution in [0.25, 0.3) is 0 Å². The van der Waals surface area contributed by atoms with Gasteiger partial charge in [0.15, 0.2) is 0 Å². The highest BCUT2D eigenvalue weighted by atomic mass is 16.2. The van der Waals surface area contributed by atoms with Gasteiger partial charge in [-0.25, -0.2) is 0 Å². The van der Waals surface area contributed by atoms with Gasteiger partial charge >= 0.3 is 0 Å². The van der Waals surface area contributed by atoms with Crippen LogP contribution in [0.3, 0.4) is 0 Å². The van der Waals surface area contributed by atoms with Crippen molar-refractivity contribution >= 4 is 11.8 Å². The van der Waals surface area contributed by atoms with Gasteiger partial charge in [-0.15, -0.1) is 0 Å². The molecule has 1 atom stereocenters. The molecule has 1 aromatic rings. The molecule has 23 heavy (non-hydrogen) atoms. The maximum absolute atomic E-state index is 12.4. The van der Waals surface area contributed by atoms with Gasteiger partial charge in [-0.1, -0.05) is 30.3 Å². The van der Waals surface area contributed by atoms with Gasteiger partial charge < -0.3 is 15.5 Å². The summed E-state index contributed by atoms with van der Waals surface area (Å²) in [4.78, 5) is 26.6. The molecule has 0 bridgehead atoms. The van der Waals surface area contributed by atoms with Crippen LogP contribution in [0.2, 0.25) is 0 Å². The van der Waals surface area contributed by atoms with Crippen molar-refractivity contribution in [2.45, 2.75) is 19.3 Å². The van der Waals surface area contributed by atoms with Crippen LogP contribution < -0.4 is 10.6 Å². The van der Waals surface area contributed by atoms with Crippen molar-refractivity contribution in [3.05, 3.63) is 35.9 Å². The van der Waals surface area contributed by atoms with E-state index in [1.54, 1.807) is 0 Å². The number of hydrogen-bond acceptors (Lipinski definition) is 3. The van der Waals surface area contributed by atoms with Crippen LogP contribution >= 0.6 is 0 Å². The summed E-state index contributed by atoms with van der Waals surface area (Å²) in [7, 11) is 0. The molecule has 2 aliphatic rings. The molecule has 2 fully saturated rings. The van der Waals surface area contributed by atoms with E-state index in [9.17, 15) is 9.59 Å². The highest BCUT2D eigenvalue weighted by Gasteiger charge is 2.29. The maximum atomic E-state index is 12.4. The SMILES string of the molecule is O=C(NCC1CNC1)C1CCCN(C(=O)Cc2ccccc2)C1. The molecule has 0 saturated carbocycles. The van der Waals surface area contributed by atoms with E-state index < -0.39 is 0 Å². The molecule has 0 aliphatic carbocycles. The molecule has 0 radical (unpaired) electrons. The standard InChI is InChI=1S/C18H25N3O2/c22-17(9-14-5-2-1-3-6-14)21-8-4-7-16(13-21)18(23)20-12-15-10-19-11-15/h1-3,5-6,15-16,19H,4,7-13H2,(H,20,23). The molecule has 1 unspecified atom stereocenters. The lowest BCUT2D eigenvalue weighted by Gasteiger charge is -2.33. The van der Waals surface area contributed by atoms with Crippen molar-refractivity contribution in [2.24, 2.45) is 11.8 Å². The molecular weight excluding hydrogens is 290 g/mol. The minimum atomic E-state index is -0.0588. The Hall–Kier alpha value is -1.88. The van der Waals surface area contributed by atoms with Crippen LogP contribution in [0.4, 0.5) is 0 Å². The van der Waals surface area contributed by atoms with Crippen molar-refractivity contribution in [3.8, 4) is 0 Å². The second-order valence-corrected chi connectivity index (χ2v) is 6.61. The lowest BCUT2D eigenvalue weighted by atomic mass is 9.96. The molecule has 2 N–H and O–H groups in total. The summed E-state index contributed by atoms with van der Waals surface area (Å²) in [6.07, 6.45) is 2.20. The molecule has 2 heterocycles. The summed E-state index contributed by atoms with van der Waals surface area (Å²) in [5.41, 5.74) is 1.03. The quantitative estimate of drug-likeness (QED) is 0.845. The number of nitrogens with one attached hydrogen (secondary N) is 2. The zero-order chi connectivity index (χ0) is 16.1. The topological polar surface area (TPSA) is 61.4 Å². The first-order valence-corrected chi connectivity index (χ1v) is 8.52. The normalized spacial score (nSPS) is 21.6. The number of likely N-dealkylation sites (tertiary alicyclic amines) is 1. The fraction of sp³-hybridized carbons (Fsp3) is 0.556. The Morgan fingerprint density at radius 3 is 2.70 bits per heavy atom. The average Bonchev–Trinajstić information content (AvgIpc) is 2.54. The van der Waals surface area contributed by atoms with Crippen molar-refractivity contribution in [1.82, 2.24) is 15.5 Å². The number of rotatable bonds is 5. The predicted molar refractivity (Wildman–Crippen MR) is 88.8 cm³/mol. The highest BCUT2D eigenvalue weighted by Crippen LogP contribution is 2.18. The highest BCUT2D eigenvalue weighted by molar-refractivity contribution is 5.82. The smallest absolute Gasteiger partial charge is 0.227 e. The monoisotopic (exact) mass is 315 g/mol. The second-order valence-electron chi connectivity index (χ2n) is 6.61. The summed E-state index contributed by atoms with van der Waals surface area (Å²) >= 11 is 0. The third-order valence-corrected chi connectivity index (χ3v) is 4.77. The van der Waals surface area contributed by atoms with Crippen LogP contribution in [0, 0.1) is 11.8 Å². The van der Waals surface area contributed by atoms with E-state index >= 15 is 0 Å². The summed E-state index contributed by atoms with van der Waals surface area (Å²) in [6.45, 7) is 4.06. The molecule has 5 nitrogen and oxygen atoms in total. The van der Waals surface area contributed by atoms with Gasteiger partial charge in [-0.3, -0.25) is 9.59 Å². The van der Waals surface area contributed by atoms with Crippen LogP contribution in [0.1, 0.15) is 18.4 Å². The lowest BCUT2D eigenvalue weighted by Crippen LogP contribution is -2.51. The number of piperidine rings is 1. The molecule has 2 aliphatic heterocycles. The number of benzene rings is 1.